The molecule has 1 rings (SSSR count). The Morgan fingerprint density at radius 1 is 1.54 bits per heavy atom. The molecule has 0 aliphatic carbocycles. The lowest BCUT2D eigenvalue weighted by atomic mass is 10.1. The van der Waals surface area contributed by atoms with E-state index in [9.17, 15) is 5.11 Å². The molecule has 0 bridgehead atoms. The van der Waals surface area contributed by atoms with E-state index in [1.54, 1.807) is 32.4 Å². The third kappa shape index (κ3) is 2.40. The molecule has 0 aromatic carbocycles. The first kappa shape index (κ1) is 9.95. The molecule has 4 nitrogen and oxygen atoms in total. The molecular formula is C9H14N2O2. The van der Waals surface area contributed by atoms with Gasteiger partial charge in [-0.15, -0.1) is 0 Å². The van der Waals surface area contributed by atoms with Gasteiger partial charge in [0.05, 0.1) is 13.2 Å². The van der Waals surface area contributed by atoms with Crippen molar-refractivity contribution in [2.75, 3.05) is 7.11 Å². The van der Waals surface area contributed by atoms with Crippen LogP contribution in [0.1, 0.15) is 18.6 Å². The maximum Gasteiger partial charge on any atom is 0.212 e. The summed E-state index contributed by atoms with van der Waals surface area (Å²) in [5, 5.41) is 9.56. The van der Waals surface area contributed by atoms with E-state index >= 15 is 0 Å². The normalized spacial score (nSPS) is 15.1. The Morgan fingerprint density at radius 2 is 2.23 bits per heavy atom. The van der Waals surface area contributed by atoms with Crippen molar-refractivity contribution in [2.24, 2.45) is 5.73 Å². The van der Waals surface area contributed by atoms with Gasteiger partial charge in [-0.2, -0.15) is 0 Å². The van der Waals surface area contributed by atoms with Gasteiger partial charge in [0.2, 0.25) is 5.88 Å². The predicted octanol–water partition coefficient (Wildman–Crippen LogP) is 0.471. The second-order valence-electron chi connectivity index (χ2n) is 2.94. The zero-order valence-electron chi connectivity index (χ0n) is 7.77. The summed E-state index contributed by atoms with van der Waals surface area (Å²) in [6.07, 6.45) is 0.894. The molecule has 13 heavy (non-hydrogen) atoms. The van der Waals surface area contributed by atoms with Gasteiger partial charge in [-0.25, -0.2) is 4.98 Å². The molecule has 4 heteroatoms. The number of ether oxygens (including phenoxy) is 1. The summed E-state index contributed by atoms with van der Waals surface area (Å²) in [6.45, 7) is 1.74. The molecule has 1 heterocycles. The Hall–Kier alpha value is -1.13. The third-order valence-corrected chi connectivity index (χ3v) is 1.81. The number of aromatic nitrogens is 1. The Bertz CT molecular complexity index is 259. The van der Waals surface area contributed by atoms with Gasteiger partial charge in [-0.1, -0.05) is 0 Å². The molecule has 0 aliphatic heterocycles. The first-order valence-electron chi connectivity index (χ1n) is 4.08. The third-order valence-electron chi connectivity index (χ3n) is 1.81. The molecule has 2 atom stereocenters. The monoisotopic (exact) mass is 182 g/mol. The molecule has 0 amide bonds. The summed E-state index contributed by atoms with van der Waals surface area (Å²) in [5.41, 5.74) is 6.23. The summed E-state index contributed by atoms with van der Waals surface area (Å²) in [7, 11) is 1.55. The average Bonchev–Trinajstić information content (AvgIpc) is 2.17. The highest BCUT2D eigenvalue weighted by atomic mass is 16.5. The number of hydrogen-bond donors (Lipinski definition) is 2. The van der Waals surface area contributed by atoms with Crippen LogP contribution in [0.2, 0.25) is 0 Å². The van der Waals surface area contributed by atoms with Crippen LogP contribution in [0.3, 0.4) is 0 Å². The van der Waals surface area contributed by atoms with Crippen LogP contribution in [0.15, 0.2) is 18.3 Å². The van der Waals surface area contributed by atoms with E-state index in [-0.39, 0.29) is 6.04 Å². The van der Waals surface area contributed by atoms with Crippen LogP contribution in [-0.4, -0.2) is 23.2 Å². The number of rotatable bonds is 3. The number of nitrogens with two attached hydrogens (primary N) is 1. The van der Waals surface area contributed by atoms with Crippen LogP contribution >= 0.6 is 0 Å². The predicted molar refractivity (Wildman–Crippen MR) is 49.4 cm³/mol. The van der Waals surface area contributed by atoms with Crippen LogP contribution in [0.5, 0.6) is 5.88 Å². The van der Waals surface area contributed by atoms with Crippen molar-refractivity contribution in [1.82, 2.24) is 4.98 Å². The number of hydrogen-bond acceptors (Lipinski definition) is 4. The zero-order chi connectivity index (χ0) is 9.84. The Labute approximate surface area is 77.4 Å². The lowest BCUT2D eigenvalue weighted by Crippen LogP contribution is -2.24. The largest absolute Gasteiger partial charge is 0.481 e. The summed E-state index contributed by atoms with van der Waals surface area (Å²) < 4.78 is 4.89. The molecular weight excluding hydrogens is 168 g/mol. The quantitative estimate of drug-likeness (QED) is 0.713. The number of methoxy groups -OCH3 is 1. The fourth-order valence-electron chi connectivity index (χ4n) is 0.991. The highest BCUT2D eigenvalue weighted by Gasteiger charge is 2.12. The summed E-state index contributed by atoms with van der Waals surface area (Å²) in [6, 6.07) is 3.15. The Kier molecular flexibility index (Phi) is 3.22. The van der Waals surface area contributed by atoms with E-state index in [4.69, 9.17) is 10.5 Å². The number of aliphatic hydroxyl groups is 1. The van der Waals surface area contributed by atoms with Crippen LogP contribution < -0.4 is 10.5 Å². The first-order valence-corrected chi connectivity index (χ1v) is 4.08. The molecule has 2 unspecified atom stereocenters. The Morgan fingerprint density at radius 3 is 2.62 bits per heavy atom. The summed E-state index contributed by atoms with van der Waals surface area (Å²) in [5.74, 6) is 0.528. The molecule has 1 aromatic rings. The van der Waals surface area contributed by atoms with Crippen LogP contribution in [0.25, 0.3) is 0 Å². The molecule has 0 saturated carbocycles. The van der Waals surface area contributed by atoms with Crippen LogP contribution in [0.4, 0.5) is 0 Å². The second kappa shape index (κ2) is 4.20. The molecule has 0 fully saturated rings. The van der Waals surface area contributed by atoms with Gasteiger partial charge in [-0.05, 0) is 13.0 Å². The number of pyridine rings is 1. The number of nitrogens with zero attached hydrogens (tertiary/aromatic N) is 1. The van der Waals surface area contributed by atoms with Gasteiger partial charge in [0.25, 0.3) is 0 Å². The topological polar surface area (TPSA) is 68.4 Å². The molecule has 1 aromatic heterocycles. The molecule has 0 spiro atoms. The molecule has 3 N–H and O–H groups in total. The van der Waals surface area contributed by atoms with Gasteiger partial charge >= 0.3 is 0 Å². The average molecular weight is 182 g/mol. The van der Waals surface area contributed by atoms with Gasteiger partial charge < -0.3 is 15.6 Å². The van der Waals surface area contributed by atoms with Crippen molar-refractivity contribution in [1.29, 1.82) is 0 Å². The van der Waals surface area contributed by atoms with Crippen molar-refractivity contribution < 1.29 is 9.84 Å². The van der Waals surface area contributed by atoms with E-state index in [0.29, 0.717) is 11.4 Å². The van der Waals surface area contributed by atoms with Crippen molar-refractivity contribution in [3.05, 3.63) is 23.9 Å². The van der Waals surface area contributed by atoms with E-state index in [1.807, 2.05) is 0 Å². The van der Waals surface area contributed by atoms with Crippen molar-refractivity contribution in [2.45, 2.75) is 19.1 Å². The van der Waals surface area contributed by atoms with E-state index in [0.717, 1.165) is 0 Å². The highest BCUT2D eigenvalue weighted by molar-refractivity contribution is 5.20. The highest BCUT2D eigenvalue weighted by Crippen LogP contribution is 2.16. The van der Waals surface area contributed by atoms with Crippen LogP contribution in [-0.2, 0) is 0 Å². The van der Waals surface area contributed by atoms with E-state index in [2.05, 4.69) is 4.98 Å². The molecule has 0 radical (unpaired) electrons. The molecule has 72 valence electrons. The van der Waals surface area contributed by atoms with Crippen LogP contribution in [0, 0.1) is 0 Å². The minimum absolute atomic E-state index is 0.296. The van der Waals surface area contributed by atoms with Gasteiger partial charge in [0.15, 0.2) is 0 Å². The summed E-state index contributed by atoms with van der Waals surface area (Å²) in [4.78, 5) is 3.96. The SMILES string of the molecule is COc1ccc(C(O)C(C)N)cn1. The fourth-order valence-corrected chi connectivity index (χ4v) is 0.991. The van der Waals surface area contributed by atoms with E-state index < -0.39 is 6.10 Å². The van der Waals surface area contributed by atoms with E-state index in [1.165, 1.54) is 0 Å². The summed E-state index contributed by atoms with van der Waals surface area (Å²) >= 11 is 0. The maximum atomic E-state index is 9.56. The minimum Gasteiger partial charge on any atom is -0.481 e. The van der Waals surface area contributed by atoms with Crippen molar-refractivity contribution in [3.8, 4) is 5.88 Å². The Balaban J connectivity index is 2.79. The fraction of sp³-hybridized carbons (Fsp3) is 0.444. The maximum absolute atomic E-state index is 9.56. The van der Waals surface area contributed by atoms with Gasteiger partial charge in [0.1, 0.15) is 0 Å². The van der Waals surface area contributed by atoms with Gasteiger partial charge in [-0.3, -0.25) is 0 Å². The second-order valence-corrected chi connectivity index (χ2v) is 2.94. The standard InChI is InChI=1S/C9H14N2O2/c1-6(10)9(12)7-3-4-8(13-2)11-5-7/h3-6,9,12H,10H2,1-2H3. The minimum atomic E-state index is -0.668. The van der Waals surface area contributed by atoms with Crippen molar-refractivity contribution in [3.63, 3.8) is 0 Å². The molecule has 0 aliphatic rings. The van der Waals surface area contributed by atoms with Crippen molar-refractivity contribution >= 4 is 0 Å². The zero-order valence-corrected chi connectivity index (χ0v) is 7.77. The van der Waals surface area contributed by atoms with Gasteiger partial charge in [0, 0.05) is 23.9 Å². The lowest BCUT2D eigenvalue weighted by Gasteiger charge is -2.14. The molecule has 0 saturated heterocycles. The smallest absolute Gasteiger partial charge is 0.212 e. The number of aliphatic hydroxyl groups excluding tert-OH is 1. The first-order chi connectivity index (χ1) is 6.15. The lowest BCUT2D eigenvalue weighted by molar-refractivity contribution is 0.153.